The first kappa shape index (κ1) is 21.1. The fraction of sp³-hybridized carbons (Fsp3) is 0.474. The van der Waals surface area contributed by atoms with Crippen LogP contribution in [0.4, 0.5) is 0 Å². The van der Waals surface area contributed by atoms with Crippen LogP contribution in [0.2, 0.25) is 0 Å². The second-order valence-electron chi connectivity index (χ2n) is 6.79. The van der Waals surface area contributed by atoms with Gasteiger partial charge in [0.2, 0.25) is 10.0 Å². The Balaban J connectivity index is 1.95. The molecule has 0 saturated carbocycles. The molecule has 1 fully saturated rings. The summed E-state index contributed by atoms with van der Waals surface area (Å²) in [7, 11) is -3.85. The molecule has 27 heavy (non-hydrogen) atoms. The van der Waals surface area contributed by atoms with E-state index in [9.17, 15) is 18.0 Å². The van der Waals surface area contributed by atoms with Gasteiger partial charge in [0.05, 0.1) is 0 Å². The number of nitrogens with zero attached hydrogens (tertiary/aromatic N) is 1. The van der Waals surface area contributed by atoms with Crippen LogP contribution >= 0.6 is 0 Å². The Labute approximate surface area is 160 Å². The lowest BCUT2D eigenvalue weighted by molar-refractivity contribution is -0.153. The molecular formula is C19H26N2O5S. The van der Waals surface area contributed by atoms with Crippen molar-refractivity contribution in [3.63, 3.8) is 0 Å². The molecule has 148 valence electrons. The zero-order valence-corrected chi connectivity index (χ0v) is 16.4. The lowest BCUT2D eigenvalue weighted by Gasteiger charge is -2.21. The maximum absolute atomic E-state index is 12.3. The van der Waals surface area contributed by atoms with E-state index in [4.69, 9.17) is 4.74 Å². The average Bonchev–Trinajstić information content (AvgIpc) is 3.18. The largest absolute Gasteiger partial charge is 0.454 e. The minimum Gasteiger partial charge on any atom is -0.454 e. The molecule has 0 unspecified atom stereocenters. The molecule has 0 aliphatic carbocycles. The fourth-order valence-electron chi connectivity index (χ4n) is 2.69. The van der Waals surface area contributed by atoms with Gasteiger partial charge in [0.15, 0.2) is 6.61 Å². The molecule has 2 rings (SSSR count). The summed E-state index contributed by atoms with van der Waals surface area (Å²) in [6, 6.07) is 7.89. The molecule has 1 aliphatic heterocycles. The minimum absolute atomic E-state index is 0.254. The van der Waals surface area contributed by atoms with Gasteiger partial charge < -0.3 is 9.64 Å². The minimum atomic E-state index is -3.85. The molecule has 7 nitrogen and oxygen atoms in total. The molecular weight excluding hydrogens is 368 g/mol. The van der Waals surface area contributed by atoms with Gasteiger partial charge in [-0.05, 0) is 30.4 Å². The molecule has 1 atom stereocenters. The summed E-state index contributed by atoms with van der Waals surface area (Å²) < 4.78 is 32.0. The van der Waals surface area contributed by atoms with Crippen molar-refractivity contribution in [3.8, 4) is 0 Å². The summed E-state index contributed by atoms with van der Waals surface area (Å²) in [5.41, 5.74) is 0.725. The second-order valence-corrected chi connectivity index (χ2v) is 8.39. The average molecular weight is 394 g/mol. The molecule has 0 bridgehead atoms. The zero-order valence-electron chi connectivity index (χ0n) is 15.6. The summed E-state index contributed by atoms with van der Waals surface area (Å²) in [5, 5.41) is 1.01. The maximum Gasteiger partial charge on any atom is 0.324 e. The number of benzene rings is 1. The summed E-state index contributed by atoms with van der Waals surface area (Å²) in [6.07, 6.45) is 3.34. The lowest BCUT2D eigenvalue weighted by Crippen LogP contribution is -2.45. The number of carbonyl (C=O) groups excluding carboxylic acids is 2. The highest BCUT2D eigenvalue weighted by molar-refractivity contribution is 7.92. The SMILES string of the molecule is CC(C)[C@H](NS(=O)(=O)/C=C/c1ccccc1)C(=O)OCC(=O)N1CCCC1. The van der Waals surface area contributed by atoms with Gasteiger partial charge in [0, 0.05) is 18.5 Å². The quantitative estimate of drug-likeness (QED) is 0.679. The highest BCUT2D eigenvalue weighted by Crippen LogP contribution is 2.10. The molecule has 0 spiro atoms. The van der Waals surface area contributed by atoms with Crippen molar-refractivity contribution in [2.45, 2.75) is 32.7 Å². The van der Waals surface area contributed by atoms with Crippen LogP contribution in [0.15, 0.2) is 35.7 Å². The van der Waals surface area contributed by atoms with E-state index in [0.717, 1.165) is 23.8 Å². The van der Waals surface area contributed by atoms with Crippen molar-refractivity contribution < 1.29 is 22.7 Å². The molecule has 1 aromatic carbocycles. The van der Waals surface area contributed by atoms with Crippen LogP contribution in [-0.4, -0.2) is 50.9 Å². The van der Waals surface area contributed by atoms with Crippen LogP contribution in [-0.2, 0) is 24.3 Å². The van der Waals surface area contributed by atoms with Gasteiger partial charge >= 0.3 is 5.97 Å². The number of nitrogens with one attached hydrogen (secondary N) is 1. The first-order valence-corrected chi connectivity index (χ1v) is 10.5. The molecule has 0 radical (unpaired) electrons. The van der Waals surface area contributed by atoms with Gasteiger partial charge in [-0.15, -0.1) is 0 Å². The monoisotopic (exact) mass is 394 g/mol. The summed E-state index contributed by atoms with van der Waals surface area (Å²) >= 11 is 0. The van der Waals surface area contributed by atoms with Gasteiger partial charge in [-0.3, -0.25) is 9.59 Å². The number of amides is 1. The van der Waals surface area contributed by atoms with Crippen molar-refractivity contribution in [1.82, 2.24) is 9.62 Å². The topological polar surface area (TPSA) is 92.8 Å². The maximum atomic E-state index is 12.3. The number of likely N-dealkylation sites (tertiary alicyclic amines) is 1. The summed E-state index contributed by atoms with van der Waals surface area (Å²) in [4.78, 5) is 25.9. The van der Waals surface area contributed by atoms with Gasteiger partial charge in [-0.2, -0.15) is 4.72 Å². The van der Waals surface area contributed by atoms with E-state index in [1.165, 1.54) is 6.08 Å². The fourth-order valence-corrected chi connectivity index (χ4v) is 3.82. The van der Waals surface area contributed by atoms with Crippen LogP contribution in [0.5, 0.6) is 0 Å². The Morgan fingerprint density at radius 2 is 1.81 bits per heavy atom. The number of hydrogen-bond acceptors (Lipinski definition) is 5. The van der Waals surface area contributed by atoms with E-state index >= 15 is 0 Å². The van der Waals surface area contributed by atoms with E-state index in [-0.39, 0.29) is 18.4 Å². The number of hydrogen-bond donors (Lipinski definition) is 1. The molecule has 8 heteroatoms. The van der Waals surface area contributed by atoms with Crippen molar-refractivity contribution >= 4 is 28.0 Å². The summed E-state index contributed by atoms with van der Waals surface area (Å²) in [5.74, 6) is -1.34. The van der Waals surface area contributed by atoms with Crippen LogP contribution in [0.1, 0.15) is 32.3 Å². The third-order valence-corrected chi connectivity index (χ3v) is 5.32. The standard InChI is InChI=1S/C19H26N2O5S/c1-15(2)18(19(23)26-14-17(22)21-11-6-7-12-21)20-27(24,25)13-10-16-8-4-3-5-9-16/h3-5,8-10,13,15,18,20H,6-7,11-12,14H2,1-2H3/b13-10+/t18-/m0/s1. The molecule has 1 heterocycles. The normalized spacial score (nSPS) is 16.0. The number of carbonyl (C=O) groups is 2. The van der Waals surface area contributed by atoms with Gasteiger partial charge in [0.1, 0.15) is 6.04 Å². The Morgan fingerprint density at radius 3 is 2.41 bits per heavy atom. The van der Waals surface area contributed by atoms with Crippen molar-refractivity contribution in [2.24, 2.45) is 5.92 Å². The van der Waals surface area contributed by atoms with E-state index in [0.29, 0.717) is 13.1 Å². The number of esters is 1. The molecule has 1 N–H and O–H groups in total. The first-order chi connectivity index (χ1) is 12.8. The van der Waals surface area contributed by atoms with Gasteiger partial charge in [0.25, 0.3) is 5.91 Å². The van der Waals surface area contributed by atoms with E-state index in [2.05, 4.69) is 4.72 Å². The Morgan fingerprint density at radius 1 is 1.19 bits per heavy atom. The number of rotatable bonds is 8. The first-order valence-electron chi connectivity index (χ1n) is 8.98. The van der Waals surface area contributed by atoms with Gasteiger partial charge in [-0.25, -0.2) is 8.42 Å². The van der Waals surface area contributed by atoms with E-state index in [1.807, 2.05) is 6.07 Å². The smallest absolute Gasteiger partial charge is 0.324 e. The van der Waals surface area contributed by atoms with Gasteiger partial charge in [-0.1, -0.05) is 44.2 Å². The summed E-state index contributed by atoms with van der Waals surface area (Å²) in [6.45, 7) is 4.38. The van der Waals surface area contributed by atoms with Crippen LogP contribution in [0.3, 0.4) is 0 Å². The van der Waals surface area contributed by atoms with E-state index < -0.39 is 22.0 Å². The number of ether oxygens (including phenoxy) is 1. The molecule has 0 aromatic heterocycles. The predicted octanol–water partition coefficient (Wildman–Crippen LogP) is 1.77. The highest BCUT2D eigenvalue weighted by Gasteiger charge is 2.29. The molecule has 1 aliphatic rings. The third kappa shape index (κ3) is 6.80. The van der Waals surface area contributed by atoms with E-state index in [1.54, 1.807) is 43.0 Å². The van der Waals surface area contributed by atoms with Crippen LogP contribution in [0.25, 0.3) is 6.08 Å². The van der Waals surface area contributed by atoms with Crippen LogP contribution in [0, 0.1) is 5.92 Å². The zero-order chi connectivity index (χ0) is 19.9. The van der Waals surface area contributed by atoms with Crippen molar-refractivity contribution in [1.29, 1.82) is 0 Å². The molecule has 1 aromatic rings. The predicted molar refractivity (Wildman–Crippen MR) is 103 cm³/mol. The molecule has 1 amide bonds. The lowest BCUT2D eigenvalue weighted by atomic mass is 10.1. The second kappa shape index (κ2) is 9.66. The number of sulfonamides is 1. The third-order valence-electron chi connectivity index (χ3n) is 4.25. The Bertz CT molecular complexity index is 769. The highest BCUT2D eigenvalue weighted by atomic mass is 32.2. The Hall–Kier alpha value is -2.19. The van der Waals surface area contributed by atoms with Crippen molar-refractivity contribution in [2.75, 3.05) is 19.7 Å². The van der Waals surface area contributed by atoms with Crippen molar-refractivity contribution in [3.05, 3.63) is 41.3 Å². The van der Waals surface area contributed by atoms with Crippen LogP contribution < -0.4 is 4.72 Å². The molecule has 1 saturated heterocycles. The Kier molecular flexibility index (Phi) is 7.55.